The summed E-state index contributed by atoms with van der Waals surface area (Å²) in [6.45, 7) is 2.63. The van der Waals surface area contributed by atoms with Crippen molar-refractivity contribution in [3.63, 3.8) is 0 Å². The molecule has 0 bridgehead atoms. The van der Waals surface area contributed by atoms with Gasteiger partial charge in [0.1, 0.15) is 0 Å². The van der Waals surface area contributed by atoms with Crippen LogP contribution in [0.2, 0.25) is 0 Å². The SMILES string of the molecule is FC(F)(F)c1[c]cccc1N1CCNCC1. The highest BCUT2D eigenvalue weighted by atomic mass is 19.4. The van der Waals surface area contributed by atoms with Crippen molar-refractivity contribution in [1.82, 2.24) is 5.32 Å². The molecule has 1 aliphatic rings. The van der Waals surface area contributed by atoms with Crippen LogP contribution < -0.4 is 10.2 Å². The lowest BCUT2D eigenvalue weighted by atomic mass is 10.1. The number of benzene rings is 1. The van der Waals surface area contributed by atoms with Crippen molar-refractivity contribution >= 4 is 5.69 Å². The maximum Gasteiger partial charge on any atom is 0.418 e. The second-order valence-corrected chi connectivity index (χ2v) is 3.67. The molecule has 1 saturated heterocycles. The van der Waals surface area contributed by atoms with E-state index in [2.05, 4.69) is 11.4 Å². The summed E-state index contributed by atoms with van der Waals surface area (Å²) in [5.41, 5.74) is -0.437. The van der Waals surface area contributed by atoms with Crippen LogP contribution in [0.3, 0.4) is 0 Å². The van der Waals surface area contributed by atoms with Gasteiger partial charge in [-0.05, 0) is 12.1 Å². The molecule has 0 atom stereocenters. The molecule has 0 aromatic heterocycles. The second kappa shape index (κ2) is 4.33. The van der Waals surface area contributed by atoms with E-state index >= 15 is 0 Å². The van der Waals surface area contributed by atoms with Crippen LogP contribution in [0.1, 0.15) is 5.56 Å². The molecular weight excluding hydrogens is 217 g/mol. The van der Waals surface area contributed by atoms with E-state index in [1.165, 1.54) is 12.1 Å². The van der Waals surface area contributed by atoms with E-state index < -0.39 is 11.7 Å². The van der Waals surface area contributed by atoms with Gasteiger partial charge in [0.15, 0.2) is 0 Å². The predicted molar refractivity (Wildman–Crippen MR) is 55.4 cm³/mol. The van der Waals surface area contributed by atoms with Crippen LogP contribution in [0.4, 0.5) is 18.9 Å². The number of hydrogen-bond acceptors (Lipinski definition) is 2. The molecule has 87 valence electrons. The zero-order chi connectivity index (χ0) is 11.6. The number of alkyl halides is 3. The fourth-order valence-electron chi connectivity index (χ4n) is 1.82. The van der Waals surface area contributed by atoms with Crippen LogP contribution in [0.15, 0.2) is 18.2 Å². The van der Waals surface area contributed by atoms with Crippen LogP contribution in [0, 0.1) is 6.07 Å². The molecule has 0 saturated carbocycles. The average molecular weight is 229 g/mol. The average Bonchev–Trinajstić information content (AvgIpc) is 2.29. The predicted octanol–water partition coefficient (Wildman–Crippen LogP) is 1.92. The van der Waals surface area contributed by atoms with Crippen molar-refractivity contribution < 1.29 is 13.2 Å². The number of anilines is 1. The fourth-order valence-corrected chi connectivity index (χ4v) is 1.82. The van der Waals surface area contributed by atoms with E-state index in [1.807, 2.05) is 0 Å². The highest BCUT2D eigenvalue weighted by molar-refractivity contribution is 5.54. The Bertz CT molecular complexity index is 356. The maximum absolute atomic E-state index is 12.7. The molecule has 5 heteroatoms. The quantitative estimate of drug-likeness (QED) is 0.791. The Morgan fingerprint density at radius 2 is 1.94 bits per heavy atom. The minimum absolute atomic E-state index is 0.233. The van der Waals surface area contributed by atoms with Gasteiger partial charge in [-0.15, -0.1) is 0 Å². The zero-order valence-electron chi connectivity index (χ0n) is 8.64. The summed E-state index contributed by atoms with van der Waals surface area (Å²) in [5.74, 6) is 0. The summed E-state index contributed by atoms with van der Waals surface area (Å²) in [6, 6.07) is 6.68. The first kappa shape index (κ1) is 11.3. The number of hydrogen-bond donors (Lipinski definition) is 1. The first-order chi connectivity index (χ1) is 7.59. The van der Waals surface area contributed by atoms with Gasteiger partial charge in [0.05, 0.1) is 5.56 Å². The molecular formula is C11H12F3N2. The number of halogens is 3. The van der Waals surface area contributed by atoms with Gasteiger partial charge in [0, 0.05) is 31.9 Å². The Hall–Kier alpha value is -1.23. The second-order valence-electron chi connectivity index (χ2n) is 3.67. The van der Waals surface area contributed by atoms with E-state index in [0.717, 1.165) is 0 Å². The third-order valence-corrected chi connectivity index (χ3v) is 2.58. The van der Waals surface area contributed by atoms with E-state index in [4.69, 9.17) is 0 Å². The number of piperazine rings is 1. The van der Waals surface area contributed by atoms with Gasteiger partial charge in [-0.2, -0.15) is 13.2 Å². The van der Waals surface area contributed by atoms with Crippen LogP contribution in [-0.2, 0) is 6.18 Å². The maximum atomic E-state index is 12.7. The Morgan fingerprint density at radius 3 is 2.56 bits per heavy atom. The lowest BCUT2D eigenvalue weighted by molar-refractivity contribution is -0.137. The minimum Gasteiger partial charge on any atom is -0.368 e. The van der Waals surface area contributed by atoms with Gasteiger partial charge in [0.25, 0.3) is 0 Å². The fraction of sp³-hybridized carbons (Fsp3) is 0.455. The third kappa shape index (κ3) is 2.29. The molecule has 0 aliphatic carbocycles. The molecule has 0 amide bonds. The Balaban J connectivity index is 2.32. The van der Waals surface area contributed by atoms with Crippen LogP contribution in [-0.4, -0.2) is 26.2 Å². The normalized spacial score (nSPS) is 17.6. The van der Waals surface area contributed by atoms with Gasteiger partial charge >= 0.3 is 6.18 Å². The summed E-state index contributed by atoms with van der Waals surface area (Å²) in [7, 11) is 0. The topological polar surface area (TPSA) is 15.3 Å². The van der Waals surface area contributed by atoms with Crippen molar-refractivity contribution in [2.24, 2.45) is 0 Å². The van der Waals surface area contributed by atoms with Gasteiger partial charge < -0.3 is 10.2 Å². The van der Waals surface area contributed by atoms with Crippen LogP contribution in [0.25, 0.3) is 0 Å². The third-order valence-electron chi connectivity index (χ3n) is 2.58. The molecule has 16 heavy (non-hydrogen) atoms. The molecule has 0 unspecified atom stereocenters. The Labute approximate surface area is 92.1 Å². The molecule has 1 N–H and O–H groups in total. The molecule has 1 aromatic rings. The lowest BCUT2D eigenvalue weighted by Crippen LogP contribution is -2.44. The largest absolute Gasteiger partial charge is 0.418 e. The summed E-state index contributed by atoms with van der Waals surface area (Å²) in [6.07, 6.45) is -4.33. The van der Waals surface area contributed by atoms with E-state index in [-0.39, 0.29) is 5.69 Å². The van der Waals surface area contributed by atoms with Crippen molar-refractivity contribution in [3.8, 4) is 0 Å². The molecule has 1 fully saturated rings. The Morgan fingerprint density at radius 1 is 1.25 bits per heavy atom. The van der Waals surface area contributed by atoms with E-state index in [1.54, 1.807) is 11.0 Å². The van der Waals surface area contributed by atoms with E-state index in [0.29, 0.717) is 26.2 Å². The zero-order valence-corrected chi connectivity index (χ0v) is 8.64. The highest BCUT2D eigenvalue weighted by Gasteiger charge is 2.34. The number of nitrogens with one attached hydrogen (secondary N) is 1. The van der Waals surface area contributed by atoms with Crippen molar-refractivity contribution in [1.29, 1.82) is 0 Å². The Kier molecular flexibility index (Phi) is 3.05. The molecule has 2 nitrogen and oxygen atoms in total. The molecule has 1 radical (unpaired) electrons. The van der Waals surface area contributed by atoms with Gasteiger partial charge in [0.2, 0.25) is 0 Å². The molecule has 1 aliphatic heterocycles. The first-order valence-corrected chi connectivity index (χ1v) is 5.12. The first-order valence-electron chi connectivity index (χ1n) is 5.12. The van der Waals surface area contributed by atoms with Crippen LogP contribution in [0.5, 0.6) is 0 Å². The van der Waals surface area contributed by atoms with Gasteiger partial charge in [-0.1, -0.05) is 12.1 Å². The van der Waals surface area contributed by atoms with E-state index in [9.17, 15) is 13.2 Å². The summed E-state index contributed by atoms with van der Waals surface area (Å²) in [4.78, 5) is 1.75. The highest BCUT2D eigenvalue weighted by Crippen LogP contribution is 2.36. The lowest BCUT2D eigenvalue weighted by Gasteiger charge is -2.31. The number of rotatable bonds is 1. The van der Waals surface area contributed by atoms with Gasteiger partial charge in [-0.3, -0.25) is 0 Å². The standard InChI is InChI=1S/C11H12F3N2/c12-11(13,14)9-3-1-2-4-10(9)16-7-5-15-6-8-16/h1-2,4,15H,5-8H2. The summed E-state index contributed by atoms with van der Waals surface area (Å²) < 4.78 is 38.2. The molecule has 1 heterocycles. The van der Waals surface area contributed by atoms with Crippen molar-refractivity contribution in [2.75, 3.05) is 31.1 Å². The minimum atomic E-state index is -4.33. The molecule has 2 rings (SSSR count). The monoisotopic (exact) mass is 229 g/mol. The number of nitrogens with zero attached hydrogens (tertiary/aromatic N) is 1. The summed E-state index contributed by atoms with van der Waals surface area (Å²) >= 11 is 0. The van der Waals surface area contributed by atoms with Crippen molar-refractivity contribution in [3.05, 3.63) is 29.8 Å². The van der Waals surface area contributed by atoms with Crippen molar-refractivity contribution in [2.45, 2.75) is 6.18 Å². The van der Waals surface area contributed by atoms with Gasteiger partial charge in [-0.25, -0.2) is 0 Å². The smallest absolute Gasteiger partial charge is 0.368 e. The molecule has 0 spiro atoms. The molecule has 1 aromatic carbocycles. The summed E-state index contributed by atoms with van der Waals surface area (Å²) in [5, 5.41) is 3.11. The van der Waals surface area contributed by atoms with Crippen LogP contribution >= 0.6 is 0 Å².